The maximum absolute atomic E-state index is 13.2. The Morgan fingerprint density at radius 1 is 1.04 bits per heavy atom. The van der Waals surface area contributed by atoms with Gasteiger partial charge in [-0.25, -0.2) is 0 Å². The quantitative estimate of drug-likeness (QED) is 0.766. The van der Waals surface area contributed by atoms with Crippen molar-refractivity contribution in [3.63, 3.8) is 0 Å². The summed E-state index contributed by atoms with van der Waals surface area (Å²) in [6, 6.07) is 11.0. The molecule has 1 aliphatic heterocycles. The fourth-order valence-electron chi connectivity index (χ4n) is 4.20. The van der Waals surface area contributed by atoms with Gasteiger partial charge in [-0.1, -0.05) is 60.2 Å². The van der Waals surface area contributed by atoms with Crippen molar-refractivity contribution in [3.05, 3.63) is 70.1 Å². The van der Waals surface area contributed by atoms with Crippen molar-refractivity contribution in [2.45, 2.75) is 12.3 Å². The molecule has 2 aromatic rings. The highest BCUT2D eigenvalue weighted by molar-refractivity contribution is 5.90. The second kappa shape index (κ2) is 4.76. The summed E-state index contributed by atoms with van der Waals surface area (Å²) in [6.07, 6.45) is 11.3. The molecule has 0 aromatic heterocycles. The standard InChI is InChI=1S/C21H16FN/c22-19-11-8-16(12-23-19)17-9-6-15-5-4-13-2-1-3-14-7-10-18(17)21(15)20(13)14/h1-9,11,16,18H,10,12H2. The third kappa shape index (κ3) is 1.88. The van der Waals surface area contributed by atoms with E-state index >= 15 is 0 Å². The predicted octanol–water partition coefficient (Wildman–Crippen LogP) is 3.38. The smallest absolute Gasteiger partial charge is 0.208 e. The Labute approximate surface area is 133 Å². The first-order valence-corrected chi connectivity index (χ1v) is 8.13. The molecule has 0 radical (unpaired) electrons. The molecular weight excluding hydrogens is 285 g/mol. The second-order valence-corrected chi connectivity index (χ2v) is 6.47. The first-order chi connectivity index (χ1) is 11.3. The minimum Gasteiger partial charge on any atom is -0.257 e. The molecule has 112 valence electrons. The molecule has 2 heteroatoms. The Bertz CT molecular complexity index is 1040. The van der Waals surface area contributed by atoms with Crippen molar-refractivity contribution in [2.24, 2.45) is 10.9 Å². The van der Waals surface area contributed by atoms with Crippen molar-refractivity contribution >= 4 is 28.9 Å². The van der Waals surface area contributed by atoms with Crippen LogP contribution in [0.1, 0.15) is 17.9 Å². The van der Waals surface area contributed by atoms with Crippen LogP contribution in [-0.2, 0) is 0 Å². The molecule has 0 saturated heterocycles. The predicted molar refractivity (Wildman–Crippen MR) is 93.6 cm³/mol. The van der Waals surface area contributed by atoms with Gasteiger partial charge < -0.3 is 0 Å². The summed E-state index contributed by atoms with van der Waals surface area (Å²) < 4.78 is 13.2. The van der Waals surface area contributed by atoms with Gasteiger partial charge in [-0.15, -0.1) is 0 Å². The summed E-state index contributed by atoms with van der Waals surface area (Å²) in [5, 5.41) is 5.35. The molecule has 5 rings (SSSR count). The van der Waals surface area contributed by atoms with E-state index in [9.17, 15) is 4.39 Å². The minimum atomic E-state index is -0.356. The molecule has 0 bridgehead atoms. The van der Waals surface area contributed by atoms with E-state index in [1.54, 1.807) is 0 Å². The van der Waals surface area contributed by atoms with E-state index in [0.717, 1.165) is 6.42 Å². The summed E-state index contributed by atoms with van der Waals surface area (Å²) >= 11 is 0. The molecule has 1 nitrogen and oxygen atoms in total. The van der Waals surface area contributed by atoms with Gasteiger partial charge >= 0.3 is 0 Å². The lowest BCUT2D eigenvalue weighted by Crippen LogP contribution is -2.28. The van der Waals surface area contributed by atoms with Crippen molar-refractivity contribution in [2.75, 3.05) is 6.54 Å². The first-order valence-electron chi connectivity index (χ1n) is 8.13. The molecule has 2 atom stereocenters. The summed E-state index contributed by atoms with van der Waals surface area (Å²) in [5.74, 6) is 0.238. The lowest BCUT2D eigenvalue weighted by molar-refractivity contribution is 0.650. The number of benzene rings is 2. The highest BCUT2D eigenvalue weighted by Gasteiger charge is 2.28. The van der Waals surface area contributed by atoms with Gasteiger partial charge in [0.1, 0.15) is 0 Å². The highest BCUT2D eigenvalue weighted by atomic mass is 19.1. The molecule has 0 N–H and O–H groups in total. The Hall–Kier alpha value is -2.48. The van der Waals surface area contributed by atoms with Crippen molar-refractivity contribution in [1.29, 1.82) is 0 Å². The average Bonchev–Trinajstić information content (AvgIpc) is 2.60. The highest BCUT2D eigenvalue weighted by Crippen LogP contribution is 2.39. The van der Waals surface area contributed by atoms with Gasteiger partial charge in [0, 0.05) is 11.8 Å². The lowest BCUT2D eigenvalue weighted by Gasteiger charge is -2.31. The van der Waals surface area contributed by atoms with E-state index in [0.29, 0.717) is 12.5 Å². The summed E-state index contributed by atoms with van der Waals surface area (Å²) in [4.78, 5) is 3.99. The number of aliphatic imine (C=N–C) groups is 1. The van der Waals surface area contributed by atoms with Crippen molar-refractivity contribution in [1.82, 2.24) is 0 Å². The number of hydrogen-bond acceptors (Lipinski definition) is 1. The zero-order valence-corrected chi connectivity index (χ0v) is 12.7. The van der Waals surface area contributed by atoms with Gasteiger partial charge in [-0.05, 0) is 39.3 Å². The summed E-state index contributed by atoms with van der Waals surface area (Å²) in [6.45, 7) is 0.519. The molecule has 3 aliphatic rings. The third-order valence-electron chi connectivity index (χ3n) is 5.26. The minimum absolute atomic E-state index is 0.206. The Morgan fingerprint density at radius 3 is 2.87 bits per heavy atom. The van der Waals surface area contributed by atoms with Crippen LogP contribution in [0.3, 0.4) is 0 Å². The maximum Gasteiger partial charge on any atom is 0.208 e. The molecule has 23 heavy (non-hydrogen) atoms. The van der Waals surface area contributed by atoms with Gasteiger partial charge in [0.05, 0.1) is 6.54 Å². The molecule has 1 heterocycles. The van der Waals surface area contributed by atoms with Gasteiger partial charge in [0.2, 0.25) is 5.97 Å². The number of halogens is 1. The SMILES string of the molecule is FC1=NCC(C2=CC=c3ccc4cccc5c4c3C2CC=5)C=C1. The van der Waals surface area contributed by atoms with Crippen LogP contribution in [0.5, 0.6) is 0 Å². The van der Waals surface area contributed by atoms with Crippen LogP contribution >= 0.6 is 0 Å². The molecule has 0 amide bonds. The fourth-order valence-corrected chi connectivity index (χ4v) is 4.20. The van der Waals surface area contributed by atoms with Crippen LogP contribution in [0, 0.1) is 5.92 Å². The largest absolute Gasteiger partial charge is 0.257 e. The topological polar surface area (TPSA) is 12.4 Å². The van der Waals surface area contributed by atoms with Gasteiger partial charge in [-0.3, -0.25) is 4.99 Å². The van der Waals surface area contributed by atoms with Gasteiger partial charge in [-0.2, -0.15) is 4.39 Å². The number of rotatable bonds is 1. The zero-order chi connectivity index (χ0) is 15.4. The van der Waals surface area contributed by atoms with Crippen molar-refractivity contribution in [3.8, 4) is 0 Å². The lowest BCUT2D eigenvalue weighted by atomic mass is 9.73. The zero-order valence-electron chi connectivity index (χ0n) is 12.7. The Kier molecular flexibility index (Phi) is 2.69. The molecule has 2 unspecified atom stereocenters. The average molecular weight is 301 g/mol. The fraction of sp³-hybridized carbons (Fsp3) is 0.190. The van der Waals surface area contributed by atoms with E-state index in [4.69, 9.17) is 0 Å². The monoisotopic (exact) mass is 301 g/mol. The van der Waals surface area contributed by atoms with Gasteiger partial charge in [0.15, 0.2) is 0 Å². The number of nitrogens with zero attached hydrogens (tertiary/aromatic N) is 1. The van der Waals surface area contributed by atoms with E-state index in [1.165, 1.54) is 38.4 Å². The van der Waals surface area contributed by atoms with Crippen LogP contribution in [0.15, 0.2) is 59.1 Å². The van der Waals surface area contributed by atoms with Crippen molar-refractivity contribution < 1.29 is 4.39 Å². The normalized spacial score (nSPS) is 24.6. The molecule has 2 aromatic carbocycles. The third-order valence-corrected chi connectivity index (χ3v) is 5.26. The van der Waals surface area contributed by atoms with Crippen LogP contribution in [-0.4, -0.2) is 12.5 Å². The van der Waals surface area contributed by atoms with Crippen LogP contribution in [0.4, 0.5) is 4.39 Å². The second-order valence-electron chi connectivity index (χ2n) is 6.47. The van der Waals surface area contributed by atoms with Crippen LogP contribution in [0.25, 0.3) is 22.9 Å². The Balaban J connectivity index is 1.72. The maximum atomic E-state index is 13.2. The number of dihydropyridines is 1. The Morgan fingerprint density at radius 2 is 2.00 bits per heavy atom. The molecule has 0 saturated carbocycles. The van der Waals surface area contributed by atoms with Crippen LogP contribution < -0.4 is 10.4 Å². The molecule has 2 aliphatic carbocycles. The van der Waals surface area contributed by atoms with Crippen LogP contribution in [0.2, 0.25) is 0 Å². The van der Waals surface area contributed by atoms with E-state index in [2.05, 4.69) is 53.6 Å². The van der Waals surface area contributed by atoms with E-state index in [-0.39, 0.29) is 11.9 Å². The summed E-state index contributed by atoms with van der Waals surface area (Å²) in [5.41, 5.74) is 2.81. The van der Waals surface area contributed by atoms with Gasteiger partial charge in [0.25, 0.3) is 0 Å². The van der Waals surface area contributed by atoms with E-state index < -0.39 is 0 Å². The molecular formula is C21H16FN. The number of allylic oxidation sites excluding steroid dienone is 2. The first kappa shape index (κ1) is 13.0. The molecule has 0 spiro atoms. The molecule has 0 fully saturated rings. The number of hydrogen-bond donors (Lipinski definition) is 0. The summed E-state index contributed by atoms with van der Waals surface area (Å²) in [7, 11) is 0. The van der Waals surface area contributed by atoms with E-state index in [1.807, 2.05) is 6.08 Å².